The topological polar surface area (TPSA) is 25.8 Å². The van der Waals surface area contributed by atoms with Gasteiger partial charge in [-0.2, -0.15) is 0 Å². The van der Waals surface area contributed by atoms with Gasteiger partial charge in [0.1, 0.15) is 0 Å². The van der Waals surface area contributed by atoms with Gasteiger partial charge in [-0.15, -0.1) is 0 Å². The fourth-order valence-electron chi connectivity index (χ4n) is 3.48. The molecule has 0 N–H and O–H groups in total. The molecule has 0 amide bonds. The second kappa shape index (κ2) is 5.88. The van der Waals surface area contributed by atoms with Crippen LogP contribution in [-0.2, 0) is 0 Å². The molecule has 22 heavy (non-hydrogen) atoms. The van der Waals surface area contributed by atoms with Gasteiger partial charge in [0.2, 0.25) is 0 Å². The van der Waals surface area contributed by atoms with E-state index in [-0.39, 0.29) is 0 Å². The maximum absolute atomic E-state index is 5.01. The van der Waals surface area contributed by atoms with E-state index in [0.29, 0.717) is 5.92 Å². The number of nitrogens with zero attached hydrogens (tertiary/aromatic N) is 2. The van der Waals surface area contributed by atoms with Crippen molar-refractivity contribution in [2.45, 2.75) is 38.0 Å². The molecule has 0 saturated heterocycles. The summed E-state index contributed by atoms with van der Waals surface area (Å²) >= 11 is 0. The number of rotatable bonds is 2. The average Bonchev–Trinajstić information content (AvgIpc) is 2.62. The Kier molecular flexibility index (Phi) is 3.59. The van der Waals surface area contributed by atoms with Gasteiger partial charge in [-0.05, 0) is 25.0 Å². The number of benzene rings is 2. The fourth-order valence-corrected chi connectivity index (χ4v) is 3.48. The summed E-state index contributed by atoms with van der Waals surface area (Å²) in [4.78, 5) is 9.97. The average molecular weight is 288 g/mol. The zero-order valence-electron chi connectivity index (χ0n) is 12.7. The number of hydrogen-bond donors (Lipinski definition) is 0. The lowest BCUT2D eigenvalue weighted by Crippen LogP contribution is -2.09. The molecule has 4 rings (SSSR count). The maximum atomic E-state index is 5.01. The molecule has 2 heteroatoms. The predicted octanol–water partition coefficient (Wildman–Crippen LogP) is 5.34. The smallest absolute Gasteiger partial charge is 0.0928 e. The first-order valence-electron chi connectivity index (χ1n) is 8.24. The standard InChI is InChI=1S/C20H20N2/c1-3-9-15(10-4-1)19-20(16-11-5-2-6-12-16)22-18-14-8-7-13-17(18)21-19/h1,3-4,7-10,13-14,16H,2,5-6,11-12H2. The lowest BCUT2D eigenvalue weighted by Gasteiger charge is -2.23. The zero-order chi connectivity index (χ0) is 14.8. The second-order valence-electron chi connectivity index (χ2n) is 6.15. The van der Waals surface area contributed by atoms with E-state index in [1.807, 2.05) is 12.1 Å². The molecule has 110 valence electrons. The zero-order valence-corrected chi connectivity index (χ0v) is 12.7. The second-order valence-corrected chi connectivity index (χ2v) is 6.15. The Labute approximate surface area is 131 Å². The van der Waals surface area contributed by atoms with E-state index in [1.54, 1.807) is 0 Å². The molecule has 1 aliphatic rings. The summed E-state index contributed by atoms with van der Waals surface area (Å²) in [5.74, 6) is 0.557. The van der Waals surface area contributed by atoms with Crippen molar-refractivity contribution in [2.75, 3.05) is 0 Å². The molecule has 1 aliphatic carbocycles. The van der Waals surface area contributed by atoms with Crippen LogP contribution in [0.3, 0.4) is 0 Å². The van der Waals surface area contributed by atoms with Crippen molar-refractivity contribution in [3.05, 3.63) is 60.3 Å². The summed E-state index contributed by atoms with van der Waals surface area (Å²) in [5, 5.41) is 0. The van der Waals surface area contributed by atoms with Crippen LogP contribution >= 0.6 is 0 Å². The molecule has 1 fully saturated rings. The van der Waals surface area contributed by atoms with E-state index < -0.39 is 0 Å². The van der Waals surface area contributed by atoms with E-state index in [4.69, 9.17) is 9.97 Å². The van der Waals surface area contributed by atoms with Gasteiger partial charge in [-0.3, -0.25) is 0 Å². The van der Waals surface area contributed by atoms with E-state index in [1.165, 1.54) is 43.4 Å². The van der Waals surface area contributed by atoms with Crippen LogP contribution in [0.1, 0.15) is 43.7 Å². The van der Waals surface area contributed by atoms with Crippen LogP contribution in [0.4, 0.5) is 0 Å². The van der Waals surface area contributed by atoms with Gasteiger partial charge in [0.15, 0.2) is 0 Å². The summed E-state index contributed by atoms with van der Waals surface area (Å²) in [6.45, 7) is 0. The highest BCUT2D eigenvalue weighted by Gasteiger charge is 2.22. The van der Waals surface area contributed by atoms with E-state index in [9.17, 15) is 0 Å². The summed E-state index contributed by atoms with van der Waals surface area (Å²) in [5.41, 5.74) is 5.46. The normalized spacial score (nSPS) is 16.0. The SMILES string of the molecule is c1ccc(-c2nc3ccccc3nc2C2CCCCC2)cc1. The van der Waals surface area contributed by atoms with Gasteiger partial charge < -0.3 is 0 Å². The van der Waals surface area contributed by atoms with Gasteiger partial charge in [0, 0.05) is 11.5 Å². The van der Waals surface area contributed by atoms with Crippen molar-refractivity contribution in [1.29, 1.82) is 0 Å². The molecule has 0 radical (unpaired) electrons. The monoisotopic (exact) mass is 288 g/mol. The molecule has 0 unspecified atom stereocenters. The Morgan fingerprint density at radius 3 is 2.05 bits per heavy atom. The maximum Gasteiger partial charge on any atom is 0.0928 e. The Balaban J connectivity index is 1.91. The Morgan fingerprint density at radius 1 is 0.682 bits per heavy atom. The van der Waals surface area contributed by atoms with Crippen LogP contribution in [-0.4, -0.2) is 9.97 Å². The molecule has 0 spiro atoms. The quantitative estimate of drug-likeness (QED) is 0.635. The summed E-state index contributed by atoms with van der Waals surface area (Å²) < 4.78 is 0. The highest BCUT2D eigenvalue weighted by molar-refractivity contribution is 5.78. The van der Waals surface area contributed by atoms with Crippen molar-refractivity contribution in [3.8, 4) is 11.3 Å². The molecule has 0 bridgehead atoms. The first kappa shape index (κ1) is 13.4. The highest BCUT2D eigenvalue weighted by Crippen LogP contribution is 2.36. The van der Waals surface area contributed by atoms with Crippen molar-refractivity contribution >= 4 is 11.0 Å². The largest absolute Gasteiger partial charge is 0.249 e. The Hall–Kier alpha value is -2.22. The fraction of sp³-hybridized carbons (Fsp3) is 0.300. The Morgan fingerprint density at radius 2 is 1.32 bits per heavy atom. The minimum Gasteiger partial charge on any atom is -0.249 e. The molecular weight excluding hydrogens is 268 g/mol. The number of fused-ring (bicyclic) bond motifs is 1. The van der Waals surface area contributed by atoms with Crippen LogP contribution in [0, 0.1) is 0 Å². The lowest BCUT2D eigenvalue weighted by atomic mass is 9.85. The number of para-hydroxylation sites is 2. The molecule has 2 aromatic carbocycles. The molecule has 1 saturated carbocycles. The third kappa shape index (κ3) is 2.50. The van der Waals surface area contributed by atoms with Crippen molar-refractivity contribution < 1.29 is 0 Å². The minimum absolute atomic E-state index is 0.557. The van der Waals surface area contributed by atoms with Gasteiger partial charge in [-0.1, -0.05) is 61.7 Å². The van der Waals surface area contributed by atoms with Gasteiger partial charge in [0.25, 0.3) is 0 Å². The first-order chi connectivity index (χ1) is 10.9. The molecule has 1 aromatic heterocycles. The van der Waals surface area contributed by atoms with E-state index in [2.05, 4.69) is 42.5 Å². The van der Waals surface area contributed by atoms with Crippen molar-refractivity contribution in [2.24, 2.45) is 0 Å². The molecular formula is C20H20N2. The number of hydrogen-bond acceptors (Lipinski definition) is 2. The minimum atomic E-state index is 0.557. The van der Waals surface area contributed by atoms with Crippen LogP contribution in [0.5, 0.6) is 0 Å². The third-order valence-corrected chi connectivity index (χ3v) is 4.64. The predicted molar refractivity (Wildman–Crippen MR) is 90.8 cm³/mol. The van der Waals surface area contributed by atoms with Gasteiger partial charge >= 0.3 is 0 Å². The summed E-state index contributed by atoms with van der Waals surface area (Å²) in [6, 6.07) is 18.7. The molecule has 2 nitrogen and oxygen atoms in total. The molecule has 1 heterocycles. The van der Waals surface area contributed by atoms with Crippen molar-refractivity contribution in [1.82, 2.24) is 9.97 Å². The van der Waals surface area contributed by atoms with Crippen LogP contribution < -0.4 is 0 Å². The van der Waals surface area contributed by atoms with Crippen molar-refractivity contribution in [3.63, 3.8) is 0 Å². The van der Waals surface area contributed by atoms with Gasteiger partial charge in [0.05, 0.1) is 22.4 Å². The van der Waals surface area contributed by atoms with Crippen LogP contribution in [0.25, 0.3) is 22.3 Å². The molecule has 0 aliphatic heterocycles. The lowest BCUT2D eigenvalue weighted by molar-refractivity contribution is 0.437. The first-order valence-corrected chi connectivity index (χ1v) is 8.24. The highest BCUT2D eigenvalue weighted by atomic mass is 14.8. The summed E-state index contributed by atoms with van der Waals surface area (Å²) in [6.07, 6.45) is 6.47. The summed E-state index contributed by atoms with van der Waals surface area (Å²) in [7, 11) is 0. The Bertz CT molecular complexity index is 774. The molecule has 0 atom stereocenters. The van der Waals surface area contributed by atoms with Gasteiger partial charge in [-0.25, -0.2) is 9.97 Å². The van der Waals surface area contributed by atoms with E-state index in [0.717, 1.165) is 16.7 Å². The van der Waals surface area contributed by atoms with Crippen LogP contribution in [0.2, 0.25) is 0 Å². The van der Waals surface area contributed by atoms with E-state index >= 15 is 0 Å². The third-order valence-electron chi connectivity index (χ3n) is 4.64. The van der Waals surface area contributed by atoms with Crippen LogP contribution in [0.15, 0.2) is 54.6 Å². The molecule has 3 aromatic rings. The number of aromatic nitrogens is 2.